The SMILES string of the molecule is c1ccc(N2c3ccccc3N(c3ccc(-c4nc(-c5ccc6ccccc6c5)c5ccccc5n4)cc3)c3c2sc2ccccc32)cc1. The number of hydrogen-bond acceptors (Lipinski definition) is 5. The van der Waals surface area contributed by atoms with Gasteiger partial charge in [-0.25, -0.2) is 9.97 Å². The topological polar surface area (TPSA) is 32.3 Å². The maximum absolute atomic E-state index is 5.21. The van der Waals surface area contributed by atoms with E-state index >= 15 is 0 Å². The van der Waals surface area contributed by atoms with Crippen LogP contribution in [0.1, 0.15) is 0 Å². The van der Waals surface area contributed by atoms with Crippen molar-refractivity contribution in [1.29, 1.82) is 0 Å². The van der Waals surface area contributed by atoms with Gasteiger partial charge in [0.15, 0.2) is 5.82 Å². The zero-order valence-corrected chi connectivity index (χ0v) is 27.2. The lowest BCUT2D eigenvalue weighted by molar-refractivity contribution is 1.20. The van der Waals surface area contributed by atoms with E-state index in [1.54, 1.807) is 0 Å². The number of rotatable bonds is 4. The molecular formula is C44H28N4S. The Morgan fingerprint density at radius 2 is 1.08 bits per heavy atom. The van der Waals surface area contributed by atoms with Gasteiger partial charge in [-0.2, -0.15) is 0 Å². The van der Waals surface area contributed by atoms with E-state index in [9.17, 15) is 0 Å². The van der Waals surface area contributed by atoms with E-state index in [0.717, 1.165) is 50.5 Å². The molecule has 0 aliphatic carbocycles. The largest absolute Gasteiger partial charge is 0.305 e. The van der Waals surface area contributed by atoms with Crippen LogP contribution in [0.25, 0.3) is 54.4 Å². The van der Waals surface area contributed by atoms with Gasteiger partial charge in [-0.3, -0.25) is 4.90 Å². The van der Waals surface area contributed by atoms with Crippen LogP contribution in [-0.2, 0) is 0 Å². The second-order valence-corrected chi connectivity index (χ2v) is 13.3. The molecule has 0 bridgehead atoms. The molecular weight excluding hydrogens is 617 g/mol. The standard InChI is InChI=1S/C44H28N4S/c1-2-14-33(15-3-1)48-39-20-10-9-19-38(39)47(42-36-17-7-11-21-40(36)49-44(42)48)34-26-24-30(25-27-34)43-45-37-18-8-6-16-35(37)41(46-43)32-23-22-29-12-4-5-13-31(29)28-32/h1-28H. The van der Waals surface area contributed by atoms with Crippen molar-refractivity contribution in [2.45, 2.75) is 0 Å². The lowest BCUT2D eigenvalue weighted by Crippen LogP contribution is -2.22. The first-order chi connectivity index (χ1) is 24.3. The number of aromatic nitrogens is 2. The van der Waals surface area contributed by atoms with Gasteiger partial charge in [0.05, 0.1) is 28.3 Å². The third-order valence-electron chi connectivity index (χ3n) is 9.37. The summed E-state index contributed by atoms with van der Waals surface area (Å²) in [5, 5.41) is 5.89. The second-order valence-electron chi connectivity index (χ2n) is 12.3. The molecule has 3 heterocycles. The summed E-state index contributed by atoms with van der Waals surface area (Å²) >= 11 is 1.83. The fourth-order valence-corrected chi connectivity index (χ4v) is 8.30. The quantitative estimate of drug-likeness (QED) is 0.191. The molecule has 2 aromatic heterocycles. The summed E-state index contributed by atoms with van der Waals surface area (Å²) in [6.45, 7) is 0. The number of para-hydroxylation sites is 4. The van der Waals surface area contributed by atoms with Crippen molar-refractivity contribution < 1.29 is 0 Å². The highest BCUT2D eigenvalue weighted by atomic mass is 32.1. The minimum Gasteiger partial charge on any atom is -0.305 e. The monoisotopic (exact) mass is 644 g/mol. The fourth-order valence-electron chi connectivity index (χ4n) is 7.08. The van der Waals surface area contributed by atoms with Crippen LogP contribution in [0.4, 0.5) is 33.4 Å². The first-order valence-corrected chi connectivity index (χ1v) is 17.2. The molecule has 0 spiro atoms. The summed E-state index contributed by atoms with van der Waals surface area (Å²) in [4.78, 5) is 15.1. The molecule has 10 rings (SSSR count). The predicted octanol–water partition coefficient (Wildman–Crippen LogP) is 12.6. The van der Waals surface area contributed by atoms with Crippen molar-refractivity contribution in [3.05, 3.63) is 170 Å². The third kappa shape index (κ3) is 4.51. The number of benzene rings is 7. The molecule has 0 atom stereocenters. The summed E-state index contributed by atoms with van der Waals surface area (Å²) in [6.07, 6.45) is 0. The summed E-state index contributed by atoms with van der Waals surface area (Å²) in [5.74, 6) is 0.712. The van der Waals surface area contributed by atoms with E-state index < -0.39 is 0 Å². The summed E-state index contributed by atoms with van der Waals surface area (Å²) in [7, 11) is 0. The minimum absolute atomic E-state index is 0.712. The Hall–Kier alpha value is -6.30. The fraction of sp³-hybridized carbons (Fsp3) is 0. The van der Waals surface area contributed by atoms with Crippen molar-refractivity contribution >= 4 is 76.5 Å². The Labute approximate surface area is 287 Å². The van der Waals surface area contributed by atoms with Gasteiger partial charge in [0.2, 0.25) is 0 Å². The minimum atomic E-state index is 0.712. The van der Waals surface area contributed by atoms with E-state index in [2.05, 4.69) is 174 Å². The lowest BCUT2D eigenvalue weighted by Gasteiger charge is -2.38. The zero-order valence-electron chi connectivity index (χ0n) is 26.4. The molecule has 0 amide bonds. The van der Waals surface area contributed by atoms with Gasteiger partial charge in [0.25, 0.3) is 0 Å². The molecule has 0 saturated carbocycles. The molecule has 7 aromatic carbocycles. The Kier molecular flexibility index (Phi) is 6.32. The highest BCUT2D eigenvalue weighted by Gasteiger charge is 2.33. The van der Waals surface area contributed by atoms with Gasteiger partial charge < -0.3 is 4.90 Å². The Bertz CT molecular complexity index is 2680. The molecule has 0 saturated heterocycles. The van der Waals surface area contributed by atoms with Crippen molar-refractivity contribution in [1.82, 2.24) is 9.97 Å². The molecule has 0 radical (unpaired) electrons. The number of fused-ring (bicyclic) bond motifs is 6. The molecule has 0 fully saturated rings. The zero-order chi connectivity index (χ0) is 32.3. The van der Waals surface area contributed by atoms with Crippen LogP contribution in [0, 0.1) is 0 Å². The smallest absolute Gasteiger partial charge is 0.160 e. The number of hydrogen-bond donors (Lipinski definition) is 0. The molecule has 49 heavy (non-hydrogen) atoms. The maximum Gasteiger partial charge on any atom is 0.160 e. The van der Waals surface area contributed by atoms with Crippen LogP contribution in [0.5, 0.6) is 0 Å². The van der Waals surface area contributed by atoms with Crippen LogP contribution in [0.15, 0.2) is 170 Å². The lowest BCUT2D eigenvalue weighted by atomic mass is 10.0. The van der Waals surface area contributed by atoms with Gasteiger partial charge in [-0.1, -0.05) is 103 Å². The van der Waals surface area contributed by atoms with Gasteiger partial charge in [0.1, 0.15) is 5.00 Å². The second kappa shape index (κ2) is 11.2. The predicted molar refractivity (Wildman–Crippen MR) is 206 cm³/mol. The van der Waals surface area contributed by atoms with Crippen molar-refractivity contribution in [3.63, 3.8) is 0 Å². The highest BCUT2D eigenvalue weighted by Crippen LogP contribution is 2.59. The van der Waals surface area contributed by atoms with Gasteiger partial charge in [0, 0.05) is 38.0 Å². The van der Waals surface area contributed by atoms with E-state index in [1.807, 2.05) is 17.4 Å². The first kappa shape index (κ1) is 27.8. The number of thiophene rings is 1. The first-order valence-electron chi connectivity index (χ1n) is 16.4. The van der Waals surface area contributed by atoms with Gasteiger partial charge in [-0.05, 0) is 77.5 Å². The average Bonchev–Trinajstić information content (AvgIpc) is 3.55. The number of anilines is 6. The molecule has 1 aliphatic heterocycles. The Balaban J connectivity index is 1.12. The van der Waals surface area contributed by atoms with Crippen LogP contribution in [-0.4, -0.2) is 9.97 Å². The molecule has 0 unspecified atom stereocenters. The van der Waals surface area contributed by atoms with E-state index in [-0.39, 0.29) is 0 Å². The molecule has 1 aliphatic rings. The molecule has 230 valence electrons. The molecule has 4 nitrogen and oxygen atoms in total. The van der Waals surface area contributed by atoms with Gasteiger partial charge in [-0.15, -0.1) is 11.3 Å². The summed E-state index contributed by atoms with van der Waals surface area (Å²) in [5.41, 5.74) is 9.64. The van der Waals surface area contributed by atoms with Crippen molar-refractivity contribution in [2.24, 2.45) is 0 Å². The van der Waals surface area contributed by atoms with Gasteiger partial charge >= 0.3 is 0 Å². The highest BCUT2D eigenvalue weighted by molar-refractivity contribution is 7.24. The third-order valence-corrected chi connectivity index (χ3v) is 10.5. The Morgan fingerprint density at radius 1 is 0.449 bits per heavy atom. The average molecular weight is 645 g/mol. The van der Waals surface area contributed by atoms with Crippen molar-refractivity contribution in [2.75, 3.05) is 9.80 Å². The van der Waals surface area contributed by atoms with E-state index in [1.165, 1.54) is 31.5 Å². The molecule has 0 N–H and O–H groups in total. The van der Waals surface area contributed by atoms with Crippen LogP contribution in [0.3, 0.4) is 0 Å². The molecule has 5 heteroatoms. The van der Waals surface area contributed by atoms with Crippen LogP contribution >= 0.6 is 11.3 Å². The number of nitrogens with zero attached hydrogens (tertiary/aromatic N) is 4. The van der Waals surface area contributed by atoms with E-state index in [0.29, 0.717) is 5.82 Å². The normalized spacial score (nSPS) is 12.4. The Morgan fingerprint density at radius 3 is 1.92 bits per heavy atom. The molecule has 9 aromatic rings. The maximum atomic E-state index is 5.21. The van der Waals surface area contributed by atoms with Crippen molar-refractivity contribution in [3.8, 4) is 22.6 Å². The summed E-state index contributed by atoms with van der Waals surface area (Å²) < 4.78 is 1.26. The van der Waals surface area contributed by atoms with E-state index in [4.69, 9.17) is 9.97 Å². The van der Waals surface area contributed by atoms with Crippen LogP contribution < -0.4 is 9.80 Å². The summed E-state index contributed by atoms with van der Waals surface area (Å²) in [6, 6.07) is 60.1. The van der Waals surface area contributed by atoms with Crippen LogP contribution in [0.2, 0.25) is 0 Å².